The Balaban J connectivity index is 2.41. The number of aliphatic hydroxyl groups excluding tert-OH is 2. The van der Waals surface area contributed by atoms with Crippen molar-refractivity contribution >= 4 is 0 Å². The van der Waals surface area contributed by atoms with Crippen molar-refractivity contribution in [3.8, 4) is 0 Å². The molecule has 1 saturated carbocycles. The third-order valence-corrected chi connectivity index (χ3v) is 2.35. The van der Waals surface area contributed by atoms with E-state index in [-0.39, 0.29) is 31.1 Å². The Labute approximate surface area is 60.9 Å². The lowest BCUT2D eigenvalue weighted by molar-refractivity contribution is 0.141. The maximum absolute atomic E-state index is 8.82. The van der Waals surface area contributed by atoms with E-state index in [0.717, 1.165) is 12.8 Å². The third kappa shape index (κ3) is 1.48. The monoisotopic (exact) mass is 145 g/mol. The highest BCUT2D eigenvalue weighted by atomic mass is 16.3. The molecule has 4 N–H and O–H groups in total. The van der Waals surface area contributed by atoms with E-state index in [2.05, 4.69) is 0 Å². The van der Waals surface area contributed by atoms with Crippen LogP contribution in [0.15, 0.2) is 0 Å². The van der Waals surface area contributed by atoms with Gasteiger partial charge < -0.3 is 15.9 Å². The van der Waals surface area contributed by atoms with Crippen LogP contribution in [0.25, 0.3) is 0 Å². The summed E-state index contributed by atoms with van der Waals surface area (Å²) in [6.45, 7) is 0.331. The average Bonchev–Trinajstić information content (AvgIpc) is 2.30. The predicted octanol–water partition coefficient (Wildman–Crippen LogP) is -0.676. The number of aliphatic hydroxyl groups is 2. The Morgan fingerprint density at radius 2 is 1.50 bits per heavy atom. The summed E-state index contributed by atoms with van der Waals surface area (Å²) in [6.07, 6.45) is 1.73. The summed E-state index contributed by atoms with van der Waals surface area (Å²) < 4.78 is 0. The molecule has 10 heavy (non-hydrogen) atoms. The first kappa shape index (κ1) is 7.98. The van der Waals surface area contributed by atoms with Crippen LogP contribution in [0.5, 0.6) is 0 Å². The number of nitrogens with two attached hydrogens (primary N) is 1. The Bertz CT molecular complexity index is 95.8. The fourth-order valence-electron chi connectivity index (χ4n) is 1.71. The second-order valence-corrected chi connectivity index (χ2v) is 3.12. The van der Waals surface area contributed by atoms with E-state index in [1.54, 1.807) is 0 Å². The van der Waals surface area contributed by atoms with Crippen LogP contribution in [-0.2, 0) is 0 Å². The zero-order valence-electron chi connectivity index (χ0n) is 6.03. The lowest BCUT2D eigenvalue weighted by Crippen LogP contribution is -2.15. The van der Waals surface area contributed by atoms with Crippen molar-refractivity contribution < 1.29 is 10.2 Å². The van der Waals surface area contributed by atoms with Crippen LogP contribution in [0.1, 0.15) is 12.8 Å². The summed E-state index contributed by atoms with van der Waals surface area (Å²) in [5.41, 5.74) is 5.64. The van der Waals surface area contributed by atoms with Crippen LogP contribution >= 0.6 is 0 Å². The molecule has 0 aromatic carbocycles. The lowest BCUT2D eigenvalue weighted by Gasteiger charge is -2.12. The number of hydrogen-bond acceptors (Lipinski definition) is 3. The van der Waals surface area contributed by atoms with Crippen molar-refractivity contribution in [1.82, 2.24) is 0 Å². The zero-order chi connectivity index (χ0) is 7.56. The van der Waals surface area contributed by atoms with E-state index in [0.29, 0.717) is 0 Å². The van der Waals surface area contributed by atoms with E-state index in [1.807, 2.05) is 0 Å². The normalized spacial score (nSPS) is 35.1. The molecule has 0 spiro atoms. The summed E-state index contributed by atoms with van der Waals surface area (Å²) in [7, 11) is 0. The van der Waals surface area contributed by atoms with Gasteiger partial charge in [0.1, 0.15) is 0 Å². The Kier molecular flexibility index (Phi) is 2.65. The van der Waals surface area contributed by atoms with Crippen molar-refractivity contribution in [3.63, 3.8) is 0 Å². The van der Waals surface area contributed by atoms with Crippen LogP contribution in [-0.4, -0.2) is 29.5 Å². The first-order valence-corrected chi connectivity index (χ1v) is 3.75. The minimum absolute atomic E-state index is 0.166. The molecule has 0 amide bonds. The van der Waals surface area contributed by atoms with E-state index < -0.39 is 0 Å². The van der Waals surface area contributed by atoms with E-state index in [4.69, 9.17) is 15.9 Å². The van der Waals surface area contributed by atoms with Crippen molar-refractivity contribution in [2.75, 3.05) is 13.2 Å². The SMILES string of the molecule is NC1C[C@@H](CO)[C@H](CO)C1. The van der Waals surface area contributed by atoms with Gasteiger partial charge in [0.05, 0.1) is 0 Å². The molecule has 0 radical (unpaired) electrons. The quantitative estimate of drug-likeness (QED) is 0.482. The number of hydrogen-bond donors (Lipinski definition) is 3. The summed E-state index contributed by atoms with van der Waals surface area (Å²) in [5, 5.41) is 17.6. The highest BCUT2D eigenvalue weighted by Gasteiger charge is 2.30. The lowest BCUT2D eigenvalue weighted by atomic mass is 9.98. The summed E-state index contributed by atoms with van der Waals surface area (Å²) >= 11 is 0. The topological polar surface area (TPSA) is 66.5 Å². The van der Waals surface area contributed by atoms with E-state index >= 15 is 0 Å². The van der Waals surface area contributed by atoms with Crippen molar-refractivity contribution in [2.45, 2.75) is 18.9 Å². The fourth-order valence-corrected chi connectivity index (χ4v) is 1.71. The molecule has 3 nitrogen and oxygen atoms in total. The summed E-state index contributed by atoms with van der Waals surface area (Å²) in [5.74, 6) is 0.472. The maximum Gasteiger partial charge on any atom is 0.0463 e. The van der Waals surface area contributed by atoms with Gasteiger partial charge in [-0.25, -0.2) is 0 Å². The zero-order valence-corrected chi connectivity index (χ0v) is 6.03. The van der Waals surface area contributed by atoms with E-state index in [1.165, 1.54) is 0 Å². The van der Waals surface area contributed by atoms with Crippen molar-refractivity contribution in [2.24, 2.45) is 17.6 Å². The standard InChI is InChI=1S/C7H15NO2/c8-7-1-5(3-9)6(2-7)4-10/h5-7,9-10H,1-4,8H2/t5-,6-/m0/s1. The molecule has 60 valence electrons. The Morgan fingerprint density at radius 3 is 1.80 bits per heavy atom. The predicted molar refractivity (Wildman–Crippen MR) is 38.4 cm³/mol. The van der Waals surface area contributed by atoms with Gasteiger partial charge in [-0.1, -0.05) is 0 Å². The summed E-state index contributed by atoms with van der Waals surface area (Å²) in [4.78, 5) is 0. The smallest absolute Gasteiger partial charge is 0.0463 e. The van der Waals surface area contributed by atoms with Crippen LogP contribution in [0.4, 0.5) is 0 Å². The molecule has 0 heterocycles. The van der Waals surface area contributed by atoms with Crippen LogP contribution in [0, 0.1) is 11.8 Å². The van der Waals surface area contributed by atoms with Gasteiger partial charge >= 0.3 is 0 Å². The van der Waals surface area contributed by atoms with Gasteiger partial charge in [0.15, 0.2) is 0 Å². The molecule has 1 fully saturated rings. The van der Waals surface area contributed by atoms with Gasteiger partial charge in [-0.05, 0) is 24.7 Å². The molecule has 0 aromatic heterocycles. The van der Waals surface area contributed by atoms with Crippen molar-refractivity contribution in [1.29, 1.82) is 0 Å². The molecule has 0 unspecified atom stereocenters. The van der Waals surface area contributed by atoms with Crippen LogP contribution in [0.2, 0.25) is 0 Å². The van der Waals surface area contributed by atoms with Gasteiger partial charge in [-0.15, -0.1) is 0 Å². The maximum atomic E-state index is 8.82. The van der Waals surface area contributed by atoms with Gasteiger partial charge in [-0.3, -0.25) is 0 Å². The minimum atomic E-state index is 0.166. The largest absolute Gasteiger partial charge is 0.396 e. The minimum Gasteiger partial charge on any atom is -0.396 e. The highest BCUT2D eigenvalue weighted by Crippen LogP contribution is 2.29. The molecule has 3 heteroatoms. The van der Waals surface area contributed by atoms with Gasteiger partial charge in [-0.2, -0.15) is 0 Å². The third-order valence-electron chi connectivity index (χ3n) is 2.35. The highest BCUT2D eigenvalue weighted by molar-refractivity contribution is 4.84. The Hall–Kier alpha value is -0.120. The van der Waals surface area contributed by atoms with E-state index in [9.17, 15) is 0 Å². The second-order valence-electron chi connectivity index (χ2n) is 3.12. The van der Waals surface area contributed by atoms with Gasteiger partial charge in [0.25, 0.3) is 0 Å². The van der Waals surface area contributed by atoms with Crippen LogP contribution in [0.3, 0.4) is 0 Å². The first-order valence-electron chi connectivity index (χ1n) is 3.75. The molecule has 2 atom stereocenters. The molecule has 0 bridgehead atoms. The van der Waals surface area contributed by atoms with Gasteiger partial charge in [0.2, 0.25) is 0 Å². The van der Waals surface area contributed by atoms with Crippen LogP contribution < -0.4 is 5.73 Å². The molecular formula is C7H15NO2. The first-order chi connectivity index (χ1) is 4.77. The fraction of sp³-hybridized carbons (Fsp3) is 1.00. The molecule has 1 rings (SSSR count). The molecule has 1 aliphatic rings. The van der Waals surface area contributed by atoms with Crippen molar-refractivity contribution in [3.05, 3.63) is 0 Å². The molecular weight excluding hydrogens is 130 g/mol. The molecule has 0 aliphatic heterocycles. The average molecular weight is 145 g/mol. The van der Waals surface area contributed by atoms with Gasteiger partial charge in [0, 0.05) is 19.3 Å². The number of rotatable bonds is 2. The Morgan fingerprint density at radius 1 is 1.10 bits per heavy atom. The summed E-state index contributed by atoms with van der Waals surface area (Å²) in [6, 6.07) is 0.189. The second kappa shape index (κ2) is 3.32. The molecule has 0 saturated heterocycles. The molecule has 1 aliphatic carbocycles. The molecule has 0 aromatic rings.